The number of hydrogen-bond donors (Lipinski definition) is 0. The van der Waals surface area contributed by atoms with Crippen LogP contribution in [0, 0.1) is 0 Å². The summed E-state index contributed by atoms with van der Waals surface area (Å²) in [6, 6.07) is 24.6. The predicted molar refractivity (Wildman–Crippen MR) is 139 cm³/mol. The molecule has 0 spiro atoms. The largest absolute Gasteiger partial charge is 0.494 e. The SMILES string of the molecule is c1cc2ccc(OCC3CO3)cc2cc1OCCCCOc1ccc2ccc(OCC3CO3)cc2c1. The highest BCUT2D eigenvalue weighted by Gasteiger charge is 2.23. The molecule has 0 aromatic heterocycles. The zero-order valence-corrected chi connectivity index (χ0v) is 20.2. The Labute approximate surface area is 210 Å². The Morgan fingerprint density at radius 2 is 0.861 bits per heavy atom. The summed E-state index contributed by atoms with van der Waals surface area (Å²) in [5.74, 6) is 3.45. The van der Waals surface area contributed by atoms with Crippen molar-refractivity contribution in [3.8, 4) is 23.0 Å². The summed E-state index contributed by atoms with van der Waals surface area (Å²) in [5.41, 5.74) is 0. The highest BCUT2D eigenvalue weighted by Crippen LogP contribution is 2.27. The molecule has 0 saturated carbocycles. The molecule has 2 unspecified atom stereocenters. The van der Waals surface area contributed by atoms with Gasteiger partial charge in [-0.1, -0.05) is 24.3 Å². The Balaban J connectivity index is 0.951. The van der Waals surface area contributed by atoms with Crippen LogP contribution in [0.4, 0.5) is 0 Å². The molecule has 2 fully saturated rings. The third kappa shape index (κ3) is 6.20. The van der Waals surface area contributed by atoms with Gasteiger partial charge < -0.3 is 28.4 Å². The minimum atomic E-state index is 0.251. The van der Waals surface area contributed by atoms with Gasteiger partial charge in [0.2, 0.25) is 0 Å². The Morgan fingerprint density at radius 1 is 0.500 bits per heavy atom. The second-order valence-corrected chi connectivity index (χ2v) is 9.28. The summed E-state index contributed by atoms with van der Waals surface area (Å²) in [5, 5.41) is 4.54. The Kier molecular flexibility index (Phi) is 6.79. The van der Waals surface area contributed by atoms with E-state index in [1.807, 2.05) is 24.3 Å². The predicted octanol–water partition coefficient (Wildman–Crippen LogP) is 5.79. The quantitative estimate of drug-likeness (QED) is 0.176. The Morgan fingerprint density at radius 3 is 1.22 bits per heavy atom. The fourth-order valence-electron chi connectivity index (χ4n) is 4.06. The fraction of sp³-hybridized carbons (Fsp3) is 0.333. The number of epoxide rings is 2. The molecule has 2 aliphatic heterocycles. The first kappa shape index (κ1) is 23.0. The van der Waals surface area contributed by atoms with E-state index in [2.05, 4.69) is 48.5 Å². The van der Waals surface area contributed by atoms with E-state index >= 15 is 0 Å². The molecule has 36 heavy (non-hydrogen) atoms. The summed E-state index contributed by atoms with van der Waals surface area (Å²) in [4.78, 5) is 0. The lowest BCUT2D eigenvalue weighted by Crippen LogP contribution is -2.04. The molecule has 6 heteroatoms. The molecule has 4 aromatic rings. The molecule has 0 bridgehead atoms. The van der Waals surface area contributed by atoms with Crippen LogP contribution in [0.25, 0.3) is 21.5 Å². The van der Waals surface area contributed by atoms with Gasteiger partial charge in [0.1, 0.15) is 48.4 Å². The Hall–Kier alpha value is -3.48. The zero-order chi connectivity index (χ0) is 24.2. The molecule has 2 saturated heterocycles. The van der Waals surface area contributed by atoms with E-state index in [1.165, 1.54) is 0 Å². The Bertz CT molecular complexity index is 1220. The molecule has 6 nitrogen and oxygen atoms in total. The van der Waals surface area contributed by atoms with Crippen molar-refractivity contribution >= 4 is 21.5 Å². The summed E-state index contributed by atoms with van der Waals surface area (Å²) >= 11 is 0. The number of unbranched alkanes of at least 4 members (excludes halogenated alkanes) is 1. The zero-order valence-electron chi connectivity index (χ0n) is 20.2. The lowest BCUT2D eigenvalue weighted by Gasteiger charge is -2.10. The molecule has 0 radical (unpaired) electrons. The molecular formula is C30H30O6. The monoisotopic (exact) mass is 486 g/mol. The lowest BCUT2D eigenvalue weighted by molar-refractivity contribution is 0.263. The molecule has 2 aliphatic rings. The van der Waals surface area contributed by atoms with Crippen LogP contribution in [0.2, 0.25) is 0 Å². The standard InChI is InChI=1S/C30H30O6/c1(11-31-25-7-3-21-5-9-27(15-23(21)13-25)33-17-29-19-35-29)2-12-32-26-8-4-22-6-10-28(16-24(22)14-26)34-18-30-20-36-30/h3-10,13-16,29-30H,1-2,11-12,17-20H2. The van der Waals surface area contributed by atoms with Crippen LogP contribution >= 0.6 is 0 Å². The van der Waals surface area contributed by atoms with E-state index in [0.29, 0.717) is 26.4 Å². The molecular weight excluding hydrogens is 456 g/mol. The van der Waals surface area contributed by atoms with Gasteiger partial charge in [-0.2, -0.15) is 0 Å². The maximum atomic E-state index is 5.99. The van der Waals surface area contributed by atoms with E-state index in [9.17, 15) is 0 Å². The third-order valence-electron chi connectivity index (χ3n) is 6.32. The van der Waals surface area contributed by atoms with E-state index in [1.54, 1.807) is 0 Å². The highest BCUT2D eigenvalue weighted by atomic mass is 16.6. The van der Waals surface area contributed by atoms with E-state index in [0.717, 1.165) is 70.6 Å². The average molecular weight is 487 g/mol. The molecule has 186 valence electrons. The van der Waals surface area contributed by atoms with Crippen LogP contribution in [0.1, 0.15) is 12.8 Å². The second-order valence-electron chi connectivity index (χ2n) is 9.28. The van der Waals surface area contributed by atoms with Crippen molar-refractivity contribution in [2.75, 3.05) is 39.6 Å². The first-order chi connectivity index (χ1) is 17.8. The van der Waals surface area contributed by atoms with Gasteiger partial charge in [0.15, 0.2) is 0 Å². The highest BCUT2D eigenvalue weighted by molar-refractivity contribution is 5.86. The maximum Gasteiger partial charge on any atom is 0.120 e. The van der Waals surface area contributed by atoms with Crippen molar-refractivity contribution < 1.29 is 28.4 Å². The van der Waals surface area contributed by atoms with Crippen molar-refractivity contribution in [3.63, 3.8) is 0 Å². The maximum absolute atomic E-state index is 5.99. The van der Waals surface area contributed by atoms with Crippen LogP contribution in [-0.2, 0) is 9.47 Å². The fourth-order valence-corrected chi connectivity index (χ4v) is 4.06. The van der Waals surface area contributed by atoms with Gasteiger partial charge >= 0.3 is 0 Å². The first-order valence-corrected chi connectivity index (χ1v) is 12.6. The summed E-state index contributed by atoms with van der Waals surface area (Å²) in [6.07, 6.45) is 2.33. The van der Waals surface area contributed by atoms with Crippen molar-refractivity contribution in [1.29, 1.82) is 0 Å². The number of ether oxygens (including phenoxy) is 6. The minimum Gasteiger partial charge on any atom is -0.494 e. The average Bonchev–Trinajstić information content (AvgIpc) is 3.83. The van der Waals surface area contributed by atoms with Gasteiger partial charge in [0.25, 0.3) is 0 Å². The van der Waals surface area contributed by atoms with E-state index < -0.39 is 0 Å². The van der Waals surface area contributed by atoms with Gasteiger partial charge in [-0.25, -0.2) is 0 Å². The van der Waals surface area contributed by atoms with Crippen LogP contribution < -0.4 is 18.9 Å². The molecule has 0 aliphatic carbocycles. The van der Waals surface area contributed by atoms with Crippen molar-refractivity contribution in [1.82, 2.24) is 0 Å². The van der Waals surface area contributed by atoms with Crippen LogP contribution in [0.3, 0.4) is 0 Å². The van der Waals surface area contributed by atoms with Crippen molar-refractivity contribution in [2.45, 2.75) is 25.0 Å². The molecule has 0 N–H and O–H groups in total. The number of benzene rings is 4. The van der Waals surface area contributed by atoms with Crippen molar-refractivity contribution in [3.05, 3.63) is 72.8 Å². The van der Waals surface area contributed by atoms with Crippen LogP contribution in [0.15, 0.2) is 72.8 Å². The molecule has 4 aromatic carbocycles. The number of hydrogen-bond acceptors (Lipinski definition) is 6. The van der Waals surface area contributed by atoms with Gasteiger partial charge in [-0.15, -0.1) is 0 Å². The molecule has 0 amide bonds. The smallest absolute Gasteiger partial charge is 0.120 e. The van der Waals surface area contributed by atoms with E-state index in [-0.39, 0.29) is 12.2 Å². The second kappa shape index (κ2) is 10.6. The first-order valence-electron chi connectivity index (χ1n) is 12.6. The number of fused-ring (bicyclic) bond motifs is 2. The third-order valence-corrected chi connectivity index (χ3v) is 6.32. The van der Waals surface area contributed by atoms with Gasteiger partial charge in [0.05, 0.1) is 26.4 Å². The van der Waals surface area contributed by atoms with Crippen LogP contribution in [-0.4, -0.2) is 51.8 Å². The van der Waals surface area contributed by atoms with Gasteiger partial charge in [-0.05, 0) is 82.9 Å². The topological polar surface area (TPSA) is 62.0 Å². The lowest BCUT2D eigenvalue weighted by atomic mass is 10.1. The van der Waals surface area contributed by atoms with Gasteiger partial charge in [-0.3, -0.25) is 0 Å². The minimum absolute atomic E-state index is 0.251. The molecule has 6 rings (SSSR count). The van der Waals surface area contributed by atoms with E-state index in [4.69, 9.17) is 28.4 Å². The van der Waals surface area contributed by atoms with Gasteiger partial charge in [0, 0.05) is 0 Å². The van der Waals surface area contributed by atoms with Crippen molar-refractivity contribution in [2.24, 2.45) is 0 Å². The summed E-state index contributed by atoms with van der Waals surface area (Å²) in [6.45, 7) is 4.10. The summed E-state index contributed by atoms with van der Waals surface area (Å²) in [7, 11) is 0. The number of rotatable bonds is 13. The normalized spacial score (nSPS) is 18.2. The molecule has 2 atom stereocenters. The molecule has 2 heterocycles. The summed E-state index contributed by atoms with van der Waals surface area (Å²) < 4.78 is 34.0. The van der Waals surface area contributed by atoms with Crippen LogP contribution in [0.5, 0.6) is 23.0 Å².